The van der Waals surface area contributed by atoms with E-state index < -0.39 is 12.6 Å². The van der Waals surface area contributed by atoms with Gasteiger partial charge in [0, 0.05) is 26.0 Å². The van der Waals surface area contributed by atoms with E-state index in [-0.39, 0.29) is 30.5 Å². The molecule has 1 heterocycles. The van der Waals surface area contributed by atoms with Crippen LogP contribution in [0.3, 0.4) is 0 Å². The number of guanidine groups is 1. The van der Waals surface area contributed by atoms with Gasteiger partial charge in [-0.2, -0.15) is 13.2 Å². The van der Waals surface area contributed by atoms with Crippen molar-refractivity contribution in [1.82, 2.24) is 15.2 Å². The monoisotopic (exact) mass is 422 g/mol. The number of halogens is 4. The van der Waals surface area contributed by atoms with E-state index in [9.17, 15) is 13.2 Å². The molecule has 1 rings (SSSR count). The van der Waals surface area contributed by atoms with Gasteiger partial charge in [0.25, 0.3) is 0 Å². The number of nitrogens with zero attached hydrogens (tertiary/aromatic N) is 3. The van der Waals surface area contributed by atoms with Crippen LogP contribution in [0.25, 0.3) is 0 Å². The zero-order valence-electron chi connectivity index (χ0n) is 11.5. The summed E-state index contributed by atoms with van der Waals surface area (Å²) >= 11 is 1.54. The molecule has 0 fully saturated rings. The lowest BCUT2D eigenvalue weighted by molar-refractivity contribution is -0.132. The van der Waals surface area contributed by atoms with Crippen LogP contribution in [0.15, 0.2) is 10.4 Å². The zero-order valence-corrected chi connectivity index (χ0v) is 14.6. The van der Waals surface area contributed by atoms with Crippen molar-refractivity contribution < 1.29 is 13.2 Å². The molecule has 116 valence electrons. The number of nitrogens with one attached hydrogen (secondary N) is 1. The van der Waals surface area contributed by atoms with Gasteiger partial charge in [0.1, 0.15) is 0 Å². The molecule has 0 radical (unpaired) electrons. The second-order valence-electron chi connectivity index (χ2n) is 4.05. The minimum atomic E-state index is -4.16. The molecule has 0 spiro atoms. The Morgan fingerprint density at radius 2 is 2.15 bits per heavy atom. The van der Waals surface area contributed by atoms with E-state index in [2.05, 4.69) is 15.3 Å². The third-order valence-corrected chi connectivity index (χ3v) is 3.15. The van der Waals surface area contributed by atoms with E-state index in [1.807, 2.05) is 12.3 Å². The maximum Gasteiger partial charge on any atom is 0.390 e. The number of alkyl halides is 3. The summed E-state index contributed by atoms with van der Waals surface area (Å²) in [5.74, 6) is 0.426. The number of hydrogen-bond acceptors (Lipinski definition) is 3. The van der Waals surface area contributed by atoms with Crippen LogP contribution in [0.1, 0.15) is 17.1 Å². The minimum Gasteiger partial charge on any atom is -0.356 e. The first kappa shape index (κ1) is 19.4. The predicted octanol–water partition coefficient (Wildman–Crippen LogP) is 3.03. The fourth-order valence-corrected chi connectivity index (χ4v) is 2.10. The van der Waals surface area contributed by atoms with Crippen molar-refractivity contribution >= 4 is 41.3 Å². The third-order valence-electron chi connectivity index (χ3n) is 2.33. The molecule has 0 aliphatic carbocycles. The van der Waals surface area contributed by atoms with Crippen LogP contribution in [0.4, 0.5) is 13.2 Å². The van der Waals surface area contributed by atoms with Gasteiger partial charge in [-0.15, -0.1) is 35.3 Å². The van der Waals surface area contributed by atoms with E-state index >= 15 is 0 Å². The highest BCUT2D eigenvalue weighted by Gasteiger charge is 2.26. The van der Waals surface area contributed by atoms with Gasteiger partial charge >= 0.3 is 6.18 Å². The maximum atomic E-state index is 12.1. The maximum absolute atomic E-state index is 12.1. The van der Waals surface area contributed by atoms with Crippen LogP contribution < -0.4 is 5.32 Å². The van der Waals surface area contributed by atoms with E-state index in [0.717, 1.165) is 10.7 Å². The Balaban J connectivity index is 0.00000361. The Kier molecular flexibility index (Phi) is 8.40. The average Bonchev–Trinajstić information content (AvgIpc) is 2.68. The summed E-state index contributed by atoms with van der Waals surface area (Å²) in [7, 11) is 3.30. The van der Waals surface area contributed by atoms with Crippen molar-refractivity contribution in [3.05, 3.63) is 16.1 Å². The van der Waals surface area contributed by atoms with Gasteiger partial charge < -0.3 is 10.2 Å². The van der Waals surface area contributed by atoms with Crippen LogP contribution in [-0.4, -0.2) is 42.7 Å². The zero-order chi connectivity index (χ0) is 14.5. The van der Waals surface area contributed by atoms with E-state index in [0.29, 0.717) is 12.5 Å². The first-order valence-electron chi connectivity index (χ1n) is 5.71. The van der Waals surface area contributed by atoms with Crippen LogP contribution in [-0.2, 0) is 6.54 Å². The lowest BCUT2D eigenvalue weighted by atomic mass is 10.4. The molecule has 0 bridgehead atoms. The molecule has 0 aliphatic rings. The summed E-state index contributed by atoms with van der Waals surface area (Å²) in [5.41, 5.74) is 0.878. The number of aromatic nitrogens is 1. The molecule has 0 saturated heterocycles. The van der Waals surface area contributed by atoms with Crippen molar-refractivity contribution in [3.63, 3.8) is 0 Å². The van der Waals surface area contributed by atoms with Crippen LogP contribution >= 0.6 is 35.3 Å². The Labute approximate surface area is 137 Å². The van der Waals surface area contributed by atoms with Crippen LogP contribution in [0.5, 0.6) is 0 Å². The van der Waals surface area contributed by atoms with Crippen molar-refractivity contribution in [2.45, 2.75) is 26.1 Å². The molecule has 0 saturated carbocycles. The number of rotatable bonds is 4. The highest BCUT2D eigenvalue weighted by Crippen LogP contribution is 2.18. The summed E-state index contributed by atoms with van der Waals surface area (Å²) in [4.78, 5) is 9.99. The van der Waals surface area contributed by atoms with Crippen molar-refractivity contribution in [1.29, 1.82) is 0 Å². The highest BCUT2D eigenvalue weighted by atomic mass is 127. The number of aryl methyl sites for hydroxylation is 1. The van der Waals surface area contributed by atoms with Gasteiger partial charge in [-0.3, -0.25) is 4.99 Å². The van der Waals surface area contributed by atoms with Gasteiger partial charge in [-0.1, -0.05) is 0 Å². The predicted molar refractivity (Wildman–Crippen MR) is 85.8 cm³/mol. The Hall–Kier alpha value is -0.580. The first-order chi connectivity index (χ1) is 8.81. The second-order valence-corrected chi connectivity index (χ2v) is 5.12. The Bertz CT molecular complexity index is 434. The molecule has 9 heteroatoms. The summed E-state index contributed by atoms with van der Waals surface area (Å²) in [5, 5.41) is 5.57. The molecule has 0 atom stereocenters. The number of aliphatic imine (C=N–C) groups is 1. The van der Waals surface area contributed by atoms with E-state index in [1.54, 1.807) is 30.3 Å². The van der Waals surface area contributed by atoms with Gasteiger partial charge in [0.15, 0.2) is 5.96 Å². The molecule has 0 unspecified atom stereocenters. The second kappa shape index (κ2) is 8.65. The normalized spacial score (nSPS) is 12.0. The van der Waals surface area contributed by atoms with E-state index in [1.165, 1.54) is 0 Å². The SMILES string of the molecule is CN=C(NCCC(F)(F)F)N(C)Cc1csc(C)n1.I. The van der Waals surface area contributed by atoms with Gasteiger partial charge in [0.05, 0.1) is 23.7 Å². The molecule has 0 amide bonds. The fourth-order valence-electron chi connectivity index (χ4n) is 1.50. The Morgan fingerprint density at radius 1 is 1.50 bits per heavy atom. The lowest BCUT2D eigenvalue weighted by Gasteiger charge is -2.21. The molecule has 0 aliphatic heterocycles. The molecule has 1 aromatic rings. The van der Waals surface area contributed by atoms with Gasteiger partial charge in [-0.25, -0.2) is 4.98 Å². The van der Waals surface area contributed by atoms with E-state index in [4.69, 9.17) is 0 Å². The van der Waals surface area contributed by atoms with Crippen LogP contribution in [0, 0.1) is 6.92 Å². The number of hydrogen-bond donors (Lipinski definition) is 1. The molecule has 0 aromatic carbocycles. The van der Waals surface area contributed by atoms with Crippen LogP contribution in [0.2, 0.25) is 0 Å². The van der Waals surface area contributed by atoms with Crippen molar-refractivity contribution in [2.75, 3.05) is 20.6 Å². The molecular formula is C11H18F3IN4S. The summed E-state index contributed by atoms with van der Waals surface area (Å²) in [6, 6.07) is 0. The Morgan fingerprint density at radius 3 is 2.60 bits per heavy atom. The molecular weight excluding hydrogens is 404 g/mol. The smallest absolute Gasteiger partial charge is 0.356 e. The van der Waals surface area contributed by atoms with Gasteiger partial charge in [0.2, 0.25) is 0 Å². The minimum absolute atomic E-state index is 0. The molecule has 20 heavy (non-hydrogen) atoms. The topological polar surface area (TPSA) is 40.5 Å². The standard InChI is InChI=1S/C11H17F3N4S.HI/c1-8-17-9(7-19-8)6-18(3)10(15-2)16-5-4-11(12,13)14;/h7H,4-6H2,1-3H3,(H,15,16);1H. The molecule has 1 N–H and O–H groups in total. The van der Waals surface area contributed by atoms with Gasteiger partial charge in [-0.05, 0) is 6.92 Å². The average molecular weight is 422 g/mol. The molecule has 1 aromatic heterocycles. The molecule has 4 nitrogen and oxygen atoms in total. The quantitative estimate of drug-likeness (QED) is 0.461. The van der Waals surface area contributed by atoms with Crippen molar-refractivity contribution in [2.24, 2.45) is 4.99 Å². The lowest BCUT2D eigenvalue weighted by Crippen LogP contribution is -2.39. The summed E-state index contributed by atoms with van der Waals surface area (Å²) in [6.07, 6.45) is -5.04. The first-order valence-corrected chi connectivity index (χ1v) is 6.59. The summed E-state index contributed by atoms with van der Waals surface area (Å²) < 4.78 is 36.2. The summed E-state index contributed by atoms with van der Waals surface area (Å²) in [6.45, 7) is 2.23. The number of thiazole rings is 1. The largest absolute Gasteiger partial charge is 0.390 e. The highest BCUT2D eigenvalue weighted by molar-refractivity contribution is 14.0. The fraction of sp³-hybridized carbons (Fsp3) is 0.636. The van der Waals surface area contributed by atoms with Crippen molar-refractivity contribution in [3.8, 4) is 0 Å². The third kappa shape index (κ3) is 7.27.